The van der Waals surface area contributed by atoms with Crippen LogP contribution in [0.5, 0.6) is 5.75 Å². The largest absolute Gasteiger partial charge is 0.497 e. The predicted octanol–water partition coefficient (Wildman–Crippen LogP) is 2.46. The second-order valence-electron chi connectivity index (χ2n) is 5.49. The lowest BCUT2D eigenvalue weighted by Crippen LogP contribution is -2.21. The van der Waals surface area contributed by atoms with E-state index in [-0.39, 0.29) is 26.2 Å². The number of ether oxygens (including phenoxy) is 1. The SMILES string of the molecule is COc1ccc2cc(C(=O)Nc3ccc(S(N)(=O)=O)cc3Br)c(=O)oc2c1. The second-order valence-corrected chi connectivity index (χ2v) is 7.91. The van der Waals surface area contributed by atoms with E-state index in [0.717, 1.165) is 0 Å². The van der Waals surface area contributed by atoms with Gasteiger partial charge in [0, 0.05) is 15.9 Å². The van der Waals surface area contributed by atoms with E-state index >= 15 is 0 Å². The summed E-state index contributed by atoms with van der Waals surface area (Å²) in [5.41, 5.74) is -0.461. The summed E-state index contributed by atoms with van der Waals surface area (Å²) in [7, 11) is -2.39. The van der Waals surface area contributed by atoms with Gasteiger partial charge in [-0.15, -0.1) is 0 Å². The molecule has 2 aromatic carbocycles. The minimum Gasteiger partial charge on any atom is -0.497 e. The number of fused-ring (bicyclic) bond motifs is 1. The van der Waals surface area contributed by atoms with Crippen molar-refractivity contribution in [1.29, 1.82) is 0 Å². The molecule has 3 rings (SSSR count). The highest BCUT2D eigenvalue weighted by atomic mass is 79.9. The van der Waals surface area contributed by atoms with Gasteiger partial charge in [-0.3, -0.25) is 4.79 Å². The molecule has 0 aliphatic heterocycles. The third-order valence-electron chi connectivity index (χ3n) is 3.71. The standard InChI is InChI=1S/C17H13BrN2O6S/c1-25-10-3-2-9-6-12(17(22)26-15(9)7-10)16(21)20-14-5-4-11(8-13(14)18)27(19,23)24/h2-8H,1H3,(H,20,21)(H2,19,23,24). The summed E-state index contributed by atoms with van der Waals surface area (Å²) in [6.07, 6.45) is 0. The quantitative estimate of drug-likeness (QED) is 0.584. The molecule has 3 aromatic rings. The number of benzene rings is 2. The summed E-state index contributed by atoms with van der Waals surface area (Å²) in [6.45, 7) is 0. The van der Waals surface area contributed by atoms with Gasteiger partial charge in [-0.1, -0.05) is 0 Å². The lowest BCUT2D eigenvalue weighted by molar-refractivity contribution is 0.102. The minimum atomic E-state index is -3.88. The molecule has 0 saturated heterocycles. The van der Waals surface area contributed by atoms with Crippen LogP contribution >= 0.6 is 15.9 Å². The number of halogens is 1. The van der Waals surface area contributed by atoms with Crippen molar-refractivity contribution in [3.8, 4) is 5.75 Å². The van der Waals surface area contributed by atoms with Crippen molar-refractivity contribution in [2.75, 3.05) is 12.4 Å². The number of amides is 1. The van der Waals surface area contributed by atoms with Crippen molar-refractivity contribution in [2.24, 2.45) is 5.14 Å². The Morgan fingerprint density at radius 2 is 1.93 bits per heavy atom. The highest BCUT2D eigenvalue weighted by Crippen LogP contribution is 2.26. The first-order valence-corrected chi connectivity index (χ1v) is 9.78. The first-order valence-electron chi connectivity index (χ1n) is 7.44. The number of nitrogens with one attached hydrogen (secondary N) is 1. The lowest BCUT2D eigenvalue weighted by atomic mass is 10.1. The number of rotatable bonds is 4. The van der Waals surface area contributed by atoms with E-state index in [9.17, 15) is 18.0 Å². The number of nitrogens with two attached hydrogens (primary N) is 1. The summed E-state index contributed by atoms with van der Waals surface area (Å²) in [4.78, 5) is 24.5. The summed E-state index contributed by atoms with van der Waals surface area (Å²) in [5, 5.41) is 8.14. The molecule has 1 amide bonds. The van der Waals surface area contributed by atoms with Crippen molar-refractivity contribution in [3.63, 3.8) is 0 Å². The first-order chi connectivity index (χ1) is 12.7. The van der Waals surface area contributed by atoms with Gasteiger partial charge in [0.1, 0.15) is 16.9 Å². The minimum absolute atomic E-state index is 0.119. The van der Waals surface area contributed by atoms with E-state index in [2.05, 4.69) is 21.2 Å². The summed E-state index contributed by atoms with van der Waals surface area (Å²) in [6, 6.07) is 10.1. The highest BCUT2D eigenvalue weighted by Gasteiger charge is 2.17. The molecule has 0 saturated carbocycles. The van der Waals surface area contributed by atoms with Gasteiger partial charge in [0.25, 0.3) is 5.91 Å². The maximum absolute atomic E-state index is 12.5. The molecular weight excluding hydrogens is 440 g/mol. The monoisotopic (exact) mass is 452 g/mol. The molecule has 0 spiro atoms. The molecule has 0 atom stereocenters. The zero-order chi connectivity index (χ0) is 19.8. The smallest absolute Gasteiger partial charge is 0.349 e. The van der Waals surface area contributed by atoms with Crippen LogP contribution in [0.2, 0.25) is 0 Å². The maximum Gasteiger partial charge on any atom is 0.349 e. The molecular formula is C17H13BrN2O6S. The number of anilines is 1. The number of sulfonamides is 1. The van der Waals surface area contributed by atoms with Crippen LogP contribution in [0.25, 0.3) is 11.0 Å². The average Bonchev–Trinajstić information content (AvgIpc) is 2.61. The van der Waals surface area contributed by atoms with Crippen LogP contribution in [0.3, 0.4) is 0 Å². The molecule has 8 nitrogen and oxygen atoms in total. The zero-order valence-corrected chi connectivity index (χ0v) is 16.3. The van der Waals surface area contributed by atoms with Crippen LogP contribution in [-0.4, -0.2) is 21.4 Å². The third-order valence-corrected chi connectivity index (χ3v) is 5.27. The highest BCUT2D eigenvalue weighted by molar-refractivity contribution is 9.10. The summed E-state index contributed by atoms with van der Waals surface area (Å²) >= 11 is 3.16. The Bertz CT molecular complexity index is 1220. The Balaban J connectivity index is 1.95. The maximum atomic E-state index is 12.5. The fraction of sp³-hybridized carbons (Fsp3) is 0.0588. The van der Waals surface area contributed by atoms with Gasteiger partial charge in [-0.05, 0) is 52.3 Å². The fourth-order valence-electron chi connectivity index (χ4n) is 2.34. The number of carbonyl (C=O) groups is 1. The molecule has 10 heteroatoms. The van der Waals surface area contributed by atoms with Gasteiger partial charge in [-0.25, -0.2) is 18.4 Å². The van der Waals surface area contributed by atoms with Crippen molar-refractivity contribution >= 4 is 48.5 Å². The average molecular weight is 453 g/mol. The van der Waals surface area contributed by atoms with Crippen molar-refractivity contribution in [3.05, 3.63) is 62.9 Å². The first kappa shape index (κ1) is 19.1. The van der Waals surface area contributed by atoms with E-state index in [1.807, 2.05) is 0 Å². The number of carbonyl (C=O) groups excluding carboxylic acids is 1. The molecule has 0 bridgehead atoms. The molecule has 1 aromatic heterocycles. The van der Waals surface area contributed by atoms with Crippen molar-refractivity contribution in [2.45, 2.75) is 4.90 Å². The Hall–Kier alpha value is -2.69. The molecule has 0 fully saturated rings. The normalized spacial score (nSPS) is 11.4. The molecule has 3 N–H and O–H groups in total. The molecule has 0 unspecified atom stereocenters. The summed E-state index contributed by atoms with van der Waals surface area (Å²) < 4.78 is 33.3. The van der Waals surface area contributed by atoms with Crippen LogP contribution in [0, 0.1) is 0 Å². The van der Waals surface area contributed by atoms with Crippen molar-refractivity contribution < 1.29 is 22.4 Å². The Morgan fingerprint density at radius 3 is 2.56 bits per heavy atom. The van der Waals surface area contributed by atoms with Crippen LogP contribution in [0.15, 0.2) is 61.0 Å². The van der Waals surface area contributed by atoms with Gasteiger partial charge in [0.2, 0.25) is 10.0 Å². The molecule has 140 valence electrons. The third kappa shape index (κ3) is 4.02. The topological polar surface area (TPSA) is 129 Å². The Morgan fingerprint density at radius 1 is 1.19 bits per heavy atom. The second kappa shape index (κ2) is 7.14. The Labute approximate surface area is 162 Å². The van der Waals surface area contributed by atoms with Crippen LogP contribution in [0.4, 0.5) is 5.69 Å². The molecule has 1 heterocycles. The lowest BCUT2D eigenvalue weighted by Gasteiger charge is -2.09. The van der Waals surface area contributed by atoms with E-state index in [4.69, 9.17) is 14.3 Å². The molecule has 0 aliphatic rings. The van der Waals surface area contributed by atoms with E-state index in [1.54, 1.807) is 18.2 Å². The van der Waals surface area contributed by atoms with Gasteiger partial charge >= 0.3 is 5.63 Å². The molecule has 0 aliphatic carbocycles. The van der Waals surface area contributed by atoms with E-state index < -0.39 is 21.6 Å². The predicted molar refractivity (Wildman–Crippen MR) is 103 cm³/mol. The fourth-order valence-corrected chi connectivity index (χ4v) is 3.51. The van der Waals surface area contributed by atoms with E-state index in [1.165, 1.54) is 31.4 Å². The van der Waals surface area contributed by atoms with Crippen molar-refractivity contribution in [1.82, 2.24) is 0 Å². The van der Waals surface area contributed by atoms with Gasteiger partial charge < -0.3 is 14.5 Å². The Kier molecular flexibility index (Phi) is 5.05. The number of hydrogen-bond acceptors (Lipinski definition) is 6. The van der Waals surface area contributed by atoms with E-state index in [0.29, 0.717) is 11.1 Å². The number of methoxy groups -OCH3 is 1. The summed E-state index contributed by atoms with van der Waals surface area (Å²) in [5.74, 6) is -0.188. The van der Waals surface area contributed by atoms with Crippen LogP contribution in [-0.2, 0) is 10.0 Å². The van der Waals surface area contributed by atoms with Gasteiger partial charge in [-0.2, -0.15) is 0 Å². The molecule has 0 radical (unpaired) electrons. The molecule has 27 heavy (non-hydrogen) atoms. The zero-order valence-electron chi connectivity index (χ0n) is 13.9. The van der Waals surface area contributed by atoms with Gasteiger partial charge in [0.05, 0.1) is 17.7 Å². The van der Waals surface area contributed by atoms with Crippen LogP contribution in [0.1, 0.15) is 10.4 Å². The number of hydrogen-bond donors (Lipinski definition) is 2. The van der Waals surface area contributed by atoms with Crippen LogP contribution < -0.4 is 20.8 Å². The number of primary sulfonamides is 1. The van der Waals surface area contributed by atoms with Gasteiger partial charge in [0.15, 0.2) is 0 Å².